The Morgan fingerprint density at radius 3 is 2.40 bits per heavy atom. The van der Waals surface area contributed by atoms with E-state index in [1.807, 2.05) is 13.8 Å². The predicted octanol–water partition coefficient (Wildman–Crippen LogP) is 5.37. The molecule has 0 fully saturated rings. The van der Waals surface area contributed by atoms with Gasteiger partial charge in [-0.05, 0) is 35.2 Å². The van der Waals surface area contributed by atoms with E-state index < -0.39 is 28.8 Å². The summed E-state index contributed by atoms with van der Waals surface area (Å²) in [6, 6.07) is 8.74. The van der Waals surface area contributed by atoms with Gasteiger partial charge in [0, 0.05) is 28.6 Å². The van der Waals surface area contributed by atoms with Gasteiger partial charge in [-0.1, -0.05) is 26.0 Å². The fraction of sp³-hybridized carbons (Fsp3) is 0.130. The van der Waals surface area contributed by atoms with Crippen LogP contribution in [0, 0.1) is 11.6 Å². The molecule has 0 unspecified atom stereocenters. The minimum Gasteiger partial charge on any atom is -0.505 e. The molecule has 1 heterocycles. The zero-order valence-corrected chi connectivity index (χ0v) is 16.0. The van der Waals surface area contributed by atoms with Crippen molar-refractivity contribution in [3.8, 4) is 28.2 Å². The number of fused-ring (bicyclic) bond motifs is 2. The van der Waals surface area contributed by atoms with Crippen LogP contribution in [0.15, 0.2) is 51.7 Å². The van der Waals surface area contributed by atoms with Crippen LogP contribution < -0.4 is 5.43 Å². The van der Waals surface area contributed by atoms with Crippen LogP contribution in [0.25, 0.3) is 33.4 Å². The van der Waals surface area contributed by atoms with Crippen LogP contribution in [-0.4, -0.2) is 16.2 Å². The third-order valence-corrected chi connectivity index (χ3v) is 5.05. The molecule has 0 amide bonds. The number of phenols is 1. The summed E-state index contributed by atoms with van der Waals surface area (Å²) in [5.41, 5.74) is 0.350. The van der Waals surface area contributed by atoms with Crippen LogP contribution in [0.4, 0.5) is 8.78 Å². The first-order valence-electron chi connectivity index (χ1n) is 9.13. The highest BCUT2D eigenvalue weighted by molar-refractivity contribution is 6.07. The number of rotatable bonds is 3. The van der Waals surface area contributed by atoms with Gasteiger partial charge in [-0.15, -0.1) is 0 Å². The Kier molecular flexibility index (Phi) is 4.53. The molecule has 0 saturated heterocycles. The summed E-state index contributed by atoms with van der Waals surface area (Å²) in [7, 11) is 0. The fourth-order valence-electron chi connectivity index (χ4n) is 3.51. The van der Waals surface area contributed by atoms with Gasteiger partial charge in [-0.3, -0.25) is 4.79 Å². The van der Waals surface area contributed by atoms with Crippen LogP contribution in [0.1, 0.15) is 35.7 Å². The maximum absolute atomic E-state index is 14.2. The summed E-state index contributed by atoms with van der Waals surface area (Å²) in [5, 5.41) is 19.7. The molecule has 0 radical (unpaired) electrons. The lowest BCUT2D eigenvalue weighted by Crippen LogP contribution is -2.08. The van der Waals surface area contributed by atoms with Gasteiger partial charge in [-0.2, -0.15) is 0 Å². The molecule has 0 atom stereocenters. The van der Waals surface area contributed by atoms with Crippen LogP contribution in [0.5, 0.6) is 5.75 Å². The van der Waals surface area contributed by atoms with Gasteiger partial charge in [0.1, 0.15) is 11.3 Å². The first-order chi connectivity index (χ1) is 14.2. The van der Waals surface area contributed by atoms with Crippen molar-refractivity contribution in [1.29, 1.82) is 0 Å². The number of carboxylic acid groups (broad SMARTS) is 1. The van der Waals surface area contributed by atoms with Gasteiger partial charge in [0.15, 0.2) is 17.4 Å². The summed E-state index contributed by atoms with van der Waals surface area (Å²) < 4.78 is 33.9. The standard InChI is InChI=1S/C23H16F2O5/c1-10(2)11-3-4-12(13(5-11)23(28)29)22-14-6-16(24)18(26)8-20(14)30-21-9-19(27)17(25)7-15(21)22/h3-10,26H,1-2H3,(H,28,29). The quantitative estimate of drug-likeness (QED) is 0.443. The number of hydrogen-bond donors (Lipinski definition) is 2. The lowest BCUT2D eigenvalue weighted by Gasteiger charge is -2.18. The third kappa shape index (κ3) is 3.08. The number of phenolic OH excluding ortho intramolecular Hbond substituents is 1. The van der Waals surface area contributed by atoms with E-state index in [0.29, 0.717) is 0 Å². The Labute approximate surface area is 169 Å². The summed E-state index contributed by atoms with van der Waals surface area (Å²) in [6.45, 7) is 3.83. The van der Waals surface area contributed by atoms with Crippen molar-refractivity contribution in [1.82, 2.24) is 0 Å². The molecule has 1 aliphatic carbocycles. The van der Waals surface area contributed by atoms with E-state index in [1.54, 1.807) is 12.1 Å². The van der Waals surface area contributed by atoms with Crippen molar-refractivity contribution in [3.05, 3.63) is 75.4 Å². The minimum absolute atomic E-state index is 0.0146. The van der Waals surface area contributed by atoms with Gasteiger partial charge in [0.25, 0.3) is 0 Å². The van der Waals surface area contributed by atoms with Crippen LogP contribution in [0.3, 0.4) is 0 Å². The molecule has 152 valence electrons. The van der Waals surface area contributed by atoms with Gasteiger partial charge in [0.2, 0.25) is 5.43 Å². The molecule has 0 aromatic heterocycles. The molecular weight excluding hydrogens is 394 g/mol. The van der Waals surface area contributed by atoms with Crippen molar-refractivity contribution in [2.45, 2.75) is 19.8 Å². The fourth-order valence-corrected chi connectivity index (χ4v) is 3.51. The third-order valence-electron chi connectivity index (χ3n) is 5.05. The highest BCUT2D eigenvalue weighted by Crippen LogP contribution is 2.43. The summed E-state index contributed by atoms with van der Waals surface area (Å²) in [4.78, 5) is 23.8. The average Bonchev–Trinajstić information content (AvgIpc) is 2.68. The molecule has 7 heteroatoms. The van der Waals surface area contributed by atoms with Crippen molar-refractivity contribution in [2.75, 3.05) is 0 Å². The highest BCUT2D eigenvalue weighted by atomic mass is 19.1. The molecule has 5 nitrogen and oxygen atoms in total. The summed E-state index contributed by atoms with van der Waals surface area (Å²) in [6.07, 6.45) is 0. The van der Waals surface area contributed by atoms with Crippen LogP contribution in [0.2, 0.25) is 0 Å². The Morgan fingerprint density at radius 1 is 1.00 bits per heavy atom. The Morgan fingerprint density at radius 2 is 1.73 bits per heavy atom. The molecule has 4 rings (SSSR count). The number of benzene rings is 3. The topological polar surface area (TPSA) is 87.7 Å². The Bertz CT molecular complexity index is 1350. The first-order valence-corrected chi connectivity index (χ1v) is 9.13. The molecule has 2 aromatic rings. The van der Waals surface area contributed by atoms with E-state index in [9.17, 15) is 28.6 Å². The molecule has 2 aliphatic rings. The van der Waals surface area contributed by atoms with Crippen molar-refractivity contribution < 1.29 is 28.2 Å². The molecule has 2 aromatic carbocycles. The van der Waals surface area contributed by atoms with E-state index in [2.05, 4.69) is 0 Å². The lowest BCUT2D eigenvalue weighted by molar-refractivity contribution is 0.0697. The first kappa shape index (κ1) is 19.6. The van der Waals surface area contributed by atoms with Gasteiger partial charge in [0.05, 0.1) is 5.56 Å². The Balaban J connectivity index is 2.21. The SMILES string of the molecule is CC(C)c1ccc(-c2c3cc(F)c(=O)cc-3oc3cc(O)c(F)cc23)c(C(=O)O)c1. The second-order valence-corrected chi connectivity index (χ2v) is 7.32. The lowest BCUT2D eigenvalue weighted by atomic mass is 9.88. The van der Waals surface area contributed by atoms with Gasteiger partial charge in [-0.25, -0.2) is 13.6 Å². The van der Waals surface area contributed by atoms with E-state index in [4.69, 9.17) is 4.42 Å². The normalized spacial score (nSPS) is 11.5. The second kappa shape index (κ2) is 6.95. The Hall–Kier alpha value is -3.74. The van der Waals surface area contributed by atoms with E-state index in [-0.39, 0.29) is 44.9 Å². The van der Waals surface area contributed by atoms with Crippen LogP contribution >= 0.6 is 0 Å². The van der Waals surface area contributed by atoms with E-state index >= 15 is 0 Å². The smallest absolute Gasteiger partial charge is 0.336 e. The monoisotopic (exact) mass is 410 g/mol. The maximum atomic E-state index is 14.2. The van der Waals surface area contributed by atoms with Crippen molar-refractivity contribution in [3.63, 3.8) is 0 Å². The molecule has 30 heavy (non-hydrogen) atoms. The molecule has 2 N–H and O–H groups in total. The van der Waals surface area contributed by atoms with E-state index in [0.717, 1.165) is 29.8 Å². The van der Waals surface area contributed by atoms with Crippen LogP contribution in [-0.2, 0) is 0 Å². The van der Waals surface area contributed by atoms with Crippen molar-refractivity contribution >= 4 is 16.9 Å². The maximum Gasteiger partial charge on any atom is 0.336 e. The van der Waals surface area contributed by atoms with E-state index in [1.165, 1.54) is 6.07 Å². The van der Waals surface area contributed by atoms with Gasteiger partial charge < -0.3 is 14.6 Å². The zero-order valence-electron chi connectivity index (χ0n) is 16.0. The highest BCUT2D eigenvalue weighted by Gasteiger charge is 2.24. The predicted molar refractivity (Wildman–Crippen MR) is 107 cm³/mol. The number of aromatic hydroxyl groups is 1. The van der Waals surface area contributed by atoms with Crippen molar-refractivity contribution in [2.24, 2.45) is 0 Å². The molecule has 0 saturated carbocycles. The molecular formula is C23H16F2O5. The summed E-state index contributed by atoms with van der Waals surface area (Å²) in [5.74, 6) is -3.84. The number of aromatic carboxylic acids is 1. The number of carbonyl (C=O) groups is 1. The second-order valence-electron chi connectivity index (χ2n) is 7.32. The molecule has 0 bridgehead atoms. The summed E-state index contributed by atoms with van der Waals surface area (Å²) >= 11 is 0. The number of halogens is 2. The average molecular weight is 410 g/mol. The number of hydrogen-bond acceptors (Lipinski definition) is 4. The molecule has 1 aliphatic heterocycles. The largest absolute Gasteiger partial charge is 0.505 e. The number of carboxylic acids is 1. The van der Waals surface area contributed by atoms with Gasteiger partial charge >= 0.3 is 5.97 Å². The molecule has 0 spiro atoms. The zero-order chi connectivity index (χ0) is 21.7. The minimum atomic E-state index is -1.21.